The number of carbonyl (C=O) groups excluding carboxylic acids is 2. The molecule has 1 rings (SSSR count). The van der Waals surface area contributed by atoms with Crippen LogP contribution in [0.15, 0.2) is 22.7 Å². The van der Waals surface area contributed by atoms with Crippen molar-refractivity contribution in [2.24, 2.45) is 0 Å². The summed E-state index contributed by atoms with van der Waals surface area (Å²) in [6.45, 7) is 3.51. The first kappa shape index (κ1) is 13.7. The molecule has 0 aliphatic carbocycles. The Labute approximate surface area is 108 Å². The molecule has 92 valence electrons. The van der Waals surface area contributed by atoms with Crippen molar-refractivity contribution in [2.75, 3.05) is 7.11 Å². The number of nitrogens with one attached hydrogen (secondary N) is 1. The SMILES string of the molecule is COC(=O)C(C)NC(=O)c1ccc(C)cc1Br. The van der Waals surface area contributed by atoms with Crippen LogP contribution in [0.5, 0.6) is 0 Å². The van der Waals surface area contributed by atoms with Crippen molar-refractivity contribution in [3.05, 3.63) is 33.8 Å². The summed E-state index contributed by atoms with van der Waals surface area (Å²) in [7, 11) is 1.28. The third kappa shape index (κ3) is 3.56. The van der Waals surface area contributed by atoms with E-state index in [4.69, 9.17) is 0 Å². The fraction of sp³-hybridized carbons (Fsp3) is 0.333. The number of aryl methyl sites for hydroxylation is 1. The lowest BCUT2D eigenvalue weighted by atomic mass is 10.1. The monoisotopic (exact) mass is 299 g/mol. The van der Waals surface area contributed by atoms with Gasteiger partial charge in [0.25, 0.3) is 5.91 Å². The Morgan fingerprint density at radius 2 is 2.06 bits per heavy atom. The highest BCUT2D eigenvalue weighted by atomic mass is 79.9. The minimum Gasteiger partial charge on any atom is -0.467 e. The van der Waals surface area contributed by atoms with E-state index in [1.807, 2.05) is 19.1 Å². The van der Waals surface area contributed by atoms with Crippen molar-refractivity contribution in [1.29, 1.82) is 0 Å². The van der Waals surface area contributed by atoms with E-state index < -0.39 is 12.0 Å². The molecule has 1 unspecified atom stereocenters. The number of esters is 1. The van der Waals surface area contributed by atoms with Crippen LogP contribution >= 0.6 is 15.9 Å². The van der Waals surface area contributed by atoms with Gasteiger partial charge in [0.05, 0.1) is 12.7 Å². The first-order chi connectivity index (χ1) is 7.95. The van der Waals surface area contributed by atoms with Crippen LogP contribution in [-0.2, 0) is 9.53 Å². The number of benzene rings is 1. The summed E-state index contributed by atoms with van der Waals surface area (Å²) < 4.78 is 5.23. The zero-order chi connectivity index (χ0) is 13.0. The van der Waals surface area contributed by atoms with Crippen LogP contribution in [-0.4, -0.2) is 25.0 Å². The van der Waals surface area contributed by atoms with Crippen LogP contribution < -0.4 is 5.32 Å². The highest BCUT2D eigenvalue weighted by molar-refractivity contribution is 9.10. The molecule has 0 fully saturated rings. The second kappa shape index (κ2) is 5.82. The normalized spacial score (nSPS) is 11.8. The molecule has 1 amide bonds. The van der Waals surface area contributed by atoms with E-state index in [0.717, 1.165) is 5.56 Å². The Bertz CT molecular complexity index is 445. The van der Waals surface area contributed by atoms with E-state index in [9.17, 15) is 9.59 Å². The predicted octanol–water partition coefficient (Wildman–Crippen LogP) is 2.05. The Balaban J connectivity index is 2.80. The maximum Gasteiger partial charge on any atom is 0.328 e. The van der Waals surface area contributed by atoms with Gasteiger partial charge in [0.1, 0.15) is 6.04 Å². The Morgan fingerprint density at radius 3 is 2.59 bits per heavy atom. The predicted molar refractivity (Wildman–Crippen MR) is 67.8 cm³/mol. The molecule has 1 N–H and O–H groups in total. The minimum atomic E-state index is -0.666. The molecular weight excluding hydrogens is 286 g/mol. The Morgan fingerprint density at radius 1 is 1.41 bits per heavy atom. The van der Waals surface area contributed by atoms with Crippen molar-refractivity contribution in [3.8, 4) is 0 Å². The van der Waals surface area contributed by atoms with Gasteiger partial charge in [-0.15, -0.1) is 0 Å². The van der Waals surface area contributed by atoms with Crippen molar-refractivity contribution in [1.82, 2.24) is 5.32 Å². The molecule has 0 radical (unpaired) electrons. The third-order valence-electron chi connectivity index (χ3n) is 2.27. The topological polar surface area (TPSA) is 55.4 Å². The quantitative estimate of drug-likeness (QED) is 0.869. The number of rotatable bonds is 3. The number of methoxy groups -OCH3 is 1. The Hall–Kier alpha value is -1.36. The fourth-order valence-electron chi connectivity index (χ4n) is 1.31. The van der Waals surface area contributed by atoms with E-state index >= 15 is 0 Å². The van der Waals surface area contributed by atoms with Crippen molar-refractivity contribution >= 4 is 27.8 Å². The molecule has 5 heteroatoms. The number of hydrogen-bond donors (Lipinski definition) is 1. The number of amides is 1. The lowest BCUT2D eigenvalue weighted by Crippen LogP contribution is -2.39. The number of carbonyl (C=O) groups is 2. The van der Waals surface area contributed by atoms with Gasteiger partial charge in [-0.05, 0) is 47.5 Å². The number of ether oxygens (including phenoxy) is 1. The molecule has 17 heavy (non-hydrogen) atoms. The second-order valence-corrected chi connectivity index (χ2v) is 4.56. The molecule has 0 aliphatic heterocycles. The summed E-state index contributed by atoms with van der Waals surface area (Å²) in [4.78, 5) is 23.0. The van der Waals surface area contributed by atoms with Gasteiger partial charge in [-0.1, -0.05) is 6.07 Å². The summed E-state index contributed by atoms with van der Waals surface area (Å²) in [5.41, 5.74) is 1.54. The van der Waals surface area contributed by atoms with Crippen LogP contribution in [0.25, 0.3) is 0 Å². The molecular formula is C12H14BrNO3. The average Bonchev–Trinajstić information content (AvgIpc) is 2.27. The van der Waals surface area contributed by atoms with Gasteiger partial charge in [0.2, 0.25) is 0 Å². The van der Waals surface area contributed by atoms with Crippen LogP contribution in [0.1, 0.15) is 22.8 Å². The molecule has 0 heterocycles. The summed E-state index contributed by atoms with van der Waals surface area (Å²) >= 11 is 3.31. The lowest BCUT2D eigenvalue weighted by molar-refractivity contribution is -0.142. The van der Waals surface area contributed by atoms with Gasteiger partial charge < -0.3 is 10.1 Å². The number of halogens is 1. The molecule has 0 saturated heterocycles. The Kier molecular flexibility index (Phi) is 4.69. The molecule has 0 aliphatic rings. The number of hydrogen-bond acceptors (Lipinski definition) is 3. The second-order valence-electron chi connectivity index (χ2n) is 3.70. The van der Waals surface area contributed by atoms with E-state index in [2.05, 4.69) is 26.0 Å². The maximum atomic E-state index is 11.9. The first-order valence-corrected chi connectivity index (χ1v) is 5.90. The zero-order valence-electron chi connectivity index (χ0n) is 9.91. The molecule has 1 aromatic carbocycles. The average molecular weight is 300 g/mol. The summed E-state index contributed by atoms with van der Waals surface area (Å²) in [5, 5.41) is 2.56. The fourth-order valence-corrected chi connectivity index (χ4v) is 1.99. The maximum absolute atomic E-state index is 11.9. The largest absolute Gasteiger partial charge is 0.467 e. The molecule has 4 nitrogen and oxygen atoms in total. The van der Waals surface area contributed by atoms with Crippen LogP contribution in [0.3, 0.4) is 0 Å². The van der Waals surface area contributed by atoms with Gasteiger partial charge >= 0.3 is 5.97 Å². The summed E-state index contributed by atoms with van der Waals surface area (Å²) in [6.07, 6.45) is 0. The standard InChI is InChI=1S/C12H14BrNO3/c1-7-4-5-9(10(13)6-7)11(15)14-8(2)12(16)17-3/h4-6,8H,1-3H3,(H,14,15). The van der Waals surface area contributed by atoms with Gasteiger partial charge in [-0.25, -0.2) is 4.79 Å². The van der Waals surface area contributed by atoms with E-state index in [0.29, 0.717) is 10.0 Å². The van der Waals surface area contributed by atoms with Gasteiger partial charge in [-0.3, -0.25) is 4.79 Å². The third-order valence-corrected chi connectivity index (χ3v) is 2.93. The van der Waals surface area contributed by atoms with Gasteiger partial charge in [0.15, 0.2) is 0 Å². The zero-order valence-corrected chi connectivity index (χ0v) is 11.5. The van der Waals surface area contributed by atoms with E-state index in [1.54, 1.807) is 13.0 Å². The van der Waals surface area contributed by atoms with Gasteiger partial charge in [0, 0.05) is 4.47 Å². The van der Waals surface area contributed by atoms with Crippen molar-refractivity contribution in [3.63, 3.8) is 0 Å². The molecule has 0 spiro atoms. The lowest BCUT2D eigenvalue weighted by Gasteiger charge is -2.12. The molecule has 1 atom stereocenters. The summed E-state index contributed by atoms with van der Waals surface area (Å²) in [6, 6.07) is 4.72. The van der Waals surface area contributed by atoms with Crippen molar-refractivity contribution in [2.45, 2.75) is 19.9 Å². The van der Waals surface area contributed by atoms with Crippen LogP contribution in [0.2, 0.25) is 0 Å². The molecule has 0 aromatic heterocycles. The van der Waals surface area contributed by atoms with Crippen LogP contribution in [0.4, 0.5) is 0 Å². The molecule has 0 saturated carbocycles. The smallest absolute Gasteiger partial charge is 0.328 e. The molecule has 0 bridgehead atoms. The highest BCUT2D eigenvalue weighted by Crippen LogP contribution is 2.18. The summed E-state index contributed by atoms with van der Waals surface area (Å²) in [5.74, 6) is -0.781. The van der Waals surface area contributed by atoms with E-state index in [1.165, 1.54) is 7.11 Å². The molecule has 1 aromatic rings. The van der Waals surface area contributed by atoms with Crippen LogP contribution in [0, 0.1) is 6.92 Å². The minimum absolute atomic E-state index is 0.310. The first-order valence-electron chi connectivity index (χ1n) is 5.10. The van der Waals surface area contributed by atoms with Gasteiger partial charge in [-0.2, -0.15) is 0 Å². The van der Waals surface area contributed by atoms with E-state index in [-0.39, 0.29) is 5.91 Å². The van der Waals surface area contributed by atoms with Crippen molar-refractivity contribution < 1.29 is 14.3 Å². The highest BCUT2D eigenvalue weighted by Gasteiger charge is 2.18.